The first-order chi connectivity index (χ1) is 10.0. The van der Waals surface area contributed by atoms with Crippen molar-refractivity contribution in [2.75, 3.05) is 12.3 Å². The van der Waals surface area contributed by atoms with Crippen molar-refractivity contribution in [3.8, 4) is 0 Å². The number of hydrogen-bond acceptors (Lipinski definition) is 4. The number of nitrogens with zero attached hydrogens (tertiary/aromatic N) is 2. The summed E-state index contributed by atoms with van der Waals surface area (Å²) in [7, 11) is 0. The maximum absolute atomic E-state index is 6.11. The highest BCUT2D eigenvalue weighted by Gasteiger charge is 2.29. The zero-order valence-corrected chi connectivity index (χ0v) is 15.4. The van der Waals surface area contributed by atoms with Crippen LogP contribution in [0.25, 0.3) is 0 Å². The predicted molar refractivity (Wildman–Crippen MR) is 94.2 cm³/mol. The van der Waals surface area contributed by atoms with E-state index >= 15 is 0 Å². The molecule has 0 bridgehead atoms. The number of hydrogen-bond donors (Lipinski definition) is 1. The largest absolute Gasteiger partial charge is 0.383 e. The van der Waals surface area contributed by atoms with Crippen molar-refractivity contribution in [1.82, 2.24) is 9.97 Å². The number of halogens is 1. The summed E-state index contributed by atoms with van der Waals surface area (Å²) in [5.41, 5.74) is 7.15. The van der Waals surface area contributed by atoms with Crippen LogP contribution in [0, 0.1) is 9.49 Å². The molecule has 1 aromatic heterocycles. The number of nitrogens with two attached hydrogens (primary N) is 1. The van der Waals surface area contributed by atoms with Gasteiger partial charge in [-0.15, -0.1) is 0 Å². The Morgan fingerprint density at radius 3 is 2.48 bits per heavy atom. The van der Waals surface area contributed by atoms with Gasteiger partial charge in [-0.3, -0.25) is 0 Å². The van der Waals surface area contributed by atoms with Gasteiger partial charge in [-0.2, -0.15) is 0 Å². The molecule has 1 unspecified atom stereocenters. The summed E-state index contributed by atoms with van der Waals surface area (Å²) < 4.78 is 6.99. The van der Waals surface area contributed by atoms with Crippen LogP contribution in [0.2, 0.25) is 0 Å². The fourth-order valence-corrected chi connectivity index (χ4v) is 3.91. The first kappa shape index (κ1) is 16.9. The average Bonchev–Trinajstić information content (AvgIpc) is 2.48. The Hall–Kier alpha value is -0.430. The third-order valence-corrected chi connectivity index (χ3v) is 5.25. The molecule has 4 nitrogen and oxygen atoms in total. The van der Waals surface area contributed by atoms with Crippen molar-refractivity contribution >= 4 is 28.4 Å². The van der Waals surface area contributed by atoms with Gasteiger partial charge in [0, 0.05) is 6.61 Å². The Morgan fingerprint density at radius 2 is 1.90 bits per heavy atom. The molecule has 1 fully saturated rings. The summed E-state index contributed by atoms with van der Waals surface area (Å²) in [5.74, 6) is 2.24. The van der Waals surface area contributed by atoms with Crippen molar-refractivity contribution in [1.29, 1.82) is 0 Å². The Balaban J connectivity index is 2.35. The molecular formula is C16H26IN3O. The lowest BCUT2D eigenvalue weighted by Crippen LogP contribution is -2.23. The lowest BCUT2D eigenvalue weighted by Gasteiger charge is -2.29. The molecule has 2 N–H and O–H groups in total. The van der Waals surface area contributed by atoms with E-state index in [9.17, 15) is 0 Å². The summed E-state index contributed by atoms with van der Waals surface area (Å²) in [6.45, 7) is 7.01. The fraction of sp³-hybridized carbons (Fsp3) is 0.750. The maximum atomic E-state index is 6.11. The Bertz CT molecular complexity index is 473. The molecule has 0 aliphatic heterocycles. The normalized spacial score (nSPS) is 18.1. The predicted octanol–water partition coefficient (Wildman–Crippen LogP) is 4.44. The average molecular weight is 403 g/mol. The van der Waals surface area contributed by atoms with Crippen LogP contribution in [0.15, 0.2) is 0 Å². The van der Waals surface area contributed by atoms with Gasteiger partial charge >= 0.3 is 0 Å². The van der Waals surface area contributed by atoms with Gasteiger partial charge in [0.25, 0.3) is 0 Å². The highest BCUT2D eigenvalue weighted by Crippen LogP contribution is 2.37. The molecule has 0 saturated heterocycles. The number of ether oxygens (including phenoxy) is 1. The fourth-order valence-electron chi connectivity index (χ4n) is 3.05. The smallest absolute Gasteiger partial charge is 0.160 e. The van der Waals surface area contributed by atoms with Crippen LogP contribution in [0.4, 0.5) is 5.82 Å². The minimum Gasteiger partial charge on any atom is -0.383 e. The second-order valence-corrected chi connectivity index (χ2v) is 7.17. The van der Waals surface area contributed by atoms with Gasteiger partial charge in [-0.25, -0.2) is 9.97 Å². The van der Waals surface area contributed by atoms with Crippen LogP contribution in [0.5, 0.6) is 0 Å². The number of aromatic nitrogens is 2. The van der Waals surface area contributed by atoms with Gasteiger partial charge in [-0.05, 0) is 54.2 Å². The van der Waals surface area contributed by atoms with E-state index in [1.807, 2.05) is 6.92 Å². The summed E-state index contributed by atoms with van der Waals surface area (Å²) in [6, 6.07) is 0. The number of anilines is 1. The lowest BCUT2D eigenvalue weighted by molar-refractivity contribution is -0.000277. The van der Waals surface area contributed by atoms with Crippen LogP contribution in [-0.4, -0.2) is 16.6 Å². The van der Waals surface area contributed by atoms with E-state index in [-0.39, 0.29) is 6.10 Å². The van der Waals surface area contributed by atoms with E-state index in [2.05, 4.69) is 41.4 Å². The third kappa shape index (κ3) is 4.06. The molecule has 118 valence electrons. The molecule has 2 rings (SSSR count). The van der Waals surface area contributed by atoms with Crippen molar-refractivity contribution < 1.29 is 4.74 Å². The Kier molecular flexibility index (Phi) is 6.22. The number of rotatable bonds is 5. The highest BCUT2D eigenvalue weighted by atomic mass is 127. The maximum Gasteiger partial charge on any atom is 0.160 e. The summed E-state index contributed by atoms with van der Waals surface area (Å²) in [4.78, 5) is 9.35. The second kappa shape index (κ2) is 7.72. The molecule has 1 saturated carbocycles. The molecule has 0 amide bonds. The first-order valence-corrected chi connectivity index (χ1v) is 9.06. The summed E-state index contributed by atoms with van der Waals surface area (Å²) in [6.07, 6.45) is 6.30. The molecule has 1 atom stereocenters. The van der Waals surface area contributed by atoms with Crippen LogP contribution in [-0.2, 0) is 4.74 Å². The Morgan fingerprint density at radius 1 is 1.24 bits per heavy atom. The van der Waals surface area contributed by atoms with E-state index in [4.69, 9.17) is 15.5 Å². The molecule has 5 heteroatoms. The van der Waals surface area contributed by atoms with E-state index in [0.717, 1.165) is 15.1 Å². The molecule has 0 aromatic carbocycles. The van der Waals surface area contributed by atoms with Crippen LogP contribution >= 0.6 is 22.6 Å². The molecule has 0 spiro atoms. The van der Waals surface area contributed by atoms with Gasteiger partial charge in [0.15, 0.2) is 5.82 Å². The van der Waals surface area contributed by atoms with Crippen molar-refractivity contribution in [3.63, 3.8) is 0 Å². The van der Waals surface area contributed by atoms with Gasteiger partial charge in [-0.1, -0.05) is 33.1 Å². The van der Waals surface area contributed by atoms with Crippen molar-refractivity contribution in [2.45, 2.75) is 64.9 Å². The lowest BCUT2D eigenvalue weighted by atomic mass is 9.84. The molecule has 21 heavy (non-hydrogen) atoms. The topological polar surface area (TPSA) is 61.0 Å². The third-order valence-electron chi connectivity index (χ3n) is 4.15. The zero-order chi connectivity index (χ0) is 15.4. The van der Waals surface area contributed by atoms with E-state index in [0.29, 0.717) is 24.3 Å². The van der Waals surface area contributed by atoms with Crippen LogP contribution in [0.3, 0.4) is 0 Å². The van der Waals surface area contributed by atoms with Gasteiger partial charge in [0.1, 0.15) is 11.9 Å². The van der Waals surface area contributed by atoms with Crippen LogP contribution < -0.4 is 5.73 Å². The summed E-state index contributed by atoms with van der Waals surface area (Å²) >= 11 is 2.25. The minimum atomic E-state index is -0.00731. The minimum absolute atomic E-state index is 0.00731. The first-order valence-electron chi connectivity index (χ1n) is 7.99. The van der Waals surface area contributed by atoms with E-state index < -0.39 is 0 Å². The van der Waals surface area contributed by atoms with Crippen molar-refractivity contribution in [2.24, 2.45) is 5.92 Å². The molecular weight excluding hydrogens is 377 g/mol. The van der Waals surface area contributed by atoms with E-state index in [1.165, 1.54) is 32.1 Å². The highest BCUT2D eigenvalue weighted by molar-refractivity contribution is 14.1. The Labute approximate surface area is 141 Å². The second-order valence-electron chi connectivity index (χ2n) is 6.10. The molecule has 0 radical (unpaired) electrons. The van der Waals surface area contributed by atoms with Crippen molar-refractivity contribution in [3.05, 3.63) is 15.1 Å². The van der Waals surface area contributed by atoms with Crippen LogP contribution in [0.1, 0.15) is 76.4 Å². The summed E-state index contributed by atoms with van der Waals surface area (Å²) in [5, 5.41) is 0. The molecule has 1 aliphatic carbocycles. The van der Waals surface area contributed by atoms with E-state index in [1.54, 1.807) is 0 Å². The SMILES string of the molecule is CCOC(c1nc(N)c(I)c(C(C)C)n1)C1CCCCC1. The molecule has 1 heterocycles. The standard InChI is InChI=1S/C16H26IN3O/c1-4-21-14(11-8-6-5-7-9-11)16-19-13(10(2)3)12(17)15(18)20-16/h10-11,14H,4-9H2,1-3H3,(H2,18,19,20). The number of nitrogen functional groups attached to an aromatic ring is 1. The molecule has 1 aromatic rings. The van der Waals surface area contributed by atoms with Gasteiger partial charge < -0.3 is 10.5 Å². The molecule has 1 aliphatic rings. The van der Waals surface area contributed by atoms with Gasteiger partial charge in [0.2, 0.25) is 0 Å². The quantitative estimate of drug-likeness (QED) is 0.739. The monoisotopic (exact) mass is 403 g/mol. The van der Waals surface area contributed by atoms with Gasteiger partial charge in [0.05, 0.1) is 9.26 Å². The zero-order valence-electron chi connectivity index (χ0n) is 13.2.